The minimum Gasteiger partial charge on any atom is -0.457 e. The van der Waals surface area contributed by atoms with Crippen LogP contribution in [0.1, 0.15) is 65.0 Å². The number of allylic oxidation sites excluding steroid dienone is 1. The zero-order chi connectivity index (χ0) is 24.2. The Morgan fingerprint density at radius 2 is 1.55 bits per heavy atom. The van der Waals surface area contributed by atoms with Crippen molar-refractivity contribution < 1.29 is 19.1 Å². The molecule has 5 heteroatoms. The Labute approximate surface area is 197 Å². The van der Waals surface area contributed by atoms with Gasteiger partial charge < -0.3 is 14.8 Å². The van der Waals surface area contributed by atoms with E-state index in [-0.39, 0.29) is 23.8 Å². The first-order valence-corrected chi connectivity index (χ1v) is 11.6. The lowest BCUT2D eigenvalue weighted by atomic mass is 9.98. The van der Waals surface area contributed by atoms with Gasteiger partial charge in [-0.2, -0.15) is 0 Å². The summed E-state index contributed by atoms with van der Waals surface area (Å²) in [6.45, 7) is 11.6. The van der Waals surface area contributed by atoms with Gasteiger partial charge in [0.05, 0.1) is 0 Å². The van der Waals surface area contributed by atoms with Crippen molar-refractivity contribution in [3.8, 4) is 11.1 Å². The molecule has 2 atom stereocenters. The number of hydrogen-bond donors (Lipinski definition) is 1. The molecule has 0 radical (unpaired) electrons. The van der Waals surface area contributed by atoms with E-state index in [0.717, 1.165) is 0 Å². The van der Waals surface area contributed by atoms with Crippen LogP contribution in [-0.2, 0) is 14.3 Å². The molecule has 0 saturated carbocycles. The Kier molecular flexibility index (Phi) is 7.62. The monoisotopic (exact) mass is 449 g/mol. The van der Waals surface area contributed by atoms with E-state index in [1.807, 2.05) is 65.0 Å². The van der Waals surface area contributed by atoms with Crippen molar-refractivity contribution in [2.45, 2.75) is 65.5 Å². The lowest BCUT2D eigenvalue weighted by molar-refractivity contribution is -0.149. The summed E-state index contributed by atoms with van der Waals surface area (Å²) in [4.78, 5) is 24.6. The molecule has 5 nitrogen and oxygen atoms in total. The van der Waals surface area contributed by atoms with Gasteiger partial charge >= 0.3 is 12.1 Å². The van der Waals surface area contributed by atoms with Crippen LogP contribution in [0.2, 0.25) is 0 Å². The number of benzene rings is 2. The third-order valence-corrected chi connectivity index (χ3v) is 5.69. The van der Waals surface area contributed by atoms with Crippen LogP contribution in [-0.4, -0.2) is 30.3 Å². The molecule has 2 aromatic rings. The van der Waals surface area contributed by atoms with Crippen LogP contribution in [0.15, 0.2) is 60.2 Å². The topological polar surface area (TPSA) is 64.6 Å². The number of carbonyl (C=O) groups is 2. The van der Waals surface area contributed by atoms with Crippen molar-refractivity contribution in [2.24, 2.45) is 5.92 Å². The van der Waals surface area contributed by atoms with Crippen molar-refractivity contribution in [1.29, 1.82) is 0 Å². The van der Waals surface area contributed by atoms with Crippen molar-refractivity contribution >= 4 is 12.1 Å². The molecule has 0 aromatic heterocycles. The summed E-state index contributed by atoms with van der Waals surface area (Å²) in [7, 11) is 0. The molecule has 0 bridgehead atoms. The highest BCUT2D eigenvalue weighted by Gasteiger charge is 2.29. The molecule has 0 unspecified atom stereocenters. The maximum atomic E-state index is 12.5. The van der Waals surface area contributed by atoms with E-state index < -0.39 is 11.7 Å². The molecule has 0 heterocycles. The number of ether oxygens (including phenoxy) is 2. The van der Waals surface area contributed by atoms with Crippen LogP contribution in [0.4, 0.5) is 4.79 Å². The highest BCUT2D eigenvalue weighted by Crippen LogP contribution is 2.44. The SMILES string of the molecule is C/C(=C\[C@@H](C)C[C@@H](C)NC(=O)OCC1c2ccccc2-c2ccccc21)C(=O)OC(C)(C)C. The highest BCUT2D eigenvalue weighted by atomic mass is 16.6. The molecule has 176 valence electrons. The number of esters is 1. The third-order valence-electron chi connectivity index (χ3n) is 5.69. The van der Waals surface area contributed by atoms with Crippen LogP contribution in [0.5, 0.6) is 0 Å². The maximum Gasteiger partial charge on any atom is 0.407 e. The number of hydrogen-bond acceptors (Lipinski definition) is 4. The molecule has 1 amide bonds. The van der Waals surface area contributed by atoms with Gasteiger partial charge in [-0.25, -0.2) is 9.59 Å². The summed E-state index contributed by atoms with van der Waals surface area (Å²) in [5.41, 5.74) is 4.85. The zero-order valence-corrected chi connectivity index (χ0v) is 20.5. The van der Waals surface area contributed by atoms with Crippen LogP contribution >= 0.6 is 0 Å². The Morgan fingerprint density at radius 3 is 2.09 bits per heavy atom. The van der Waals surface area contributed by atoms with Gasteiger partial charge in [0.1, 0.15) is 12.2 Å². The molecule has 0 fully saturated rings. The predicted molar refractivity (Wildman–Crippen MR) is 131 cm³/mol. The smallest absolute Gasteiger partial charge is 0.407 e. The van der Waals surface area contributed by atoms with Crippen LogP contribution in [0.3, 0.4) is 0 Å². The summed E-state index contributed by atoms with van der Waals surface area (Å²) >= 11 is 0. The summed E-state index contributed by atoms with van der Waals surface area (Å²) in [6.07, 6.45) is 2.15. The summed E-state index contributed by atoms with van der Waals surface area (Å²) in [6, 6.07) is 16.5. The lowest BCUT2D eigenvalue weighted by Gasteiger charge is -2.21. The standard InChI is InChI=1S/C28H35NO4/c1-18(15-19(2)26(30)33-28(4,5)6)16-20(3)29-27(31)32-17-25-23-13-9-7-11-21(23)22-12-8-10-14-24(22)25/h7-15,18,20,25H,16-17H2,1-6H3,(H,29,31)/b19-15+/t18-,20-/m1/s1. The molecular formula is C28H35NO4. The summed E-state index contributed by atoms with van der Waals surface area (Å²) < 4.78 is 11.0. The fraction of sp³-hybridized carbons (Fsp3) is 0.429. The molecule has 33 heavy (non-hydrogen) atoms. The van der Waals surface area contributed by atoms with Crippen molar-refractivity contribution in [2.75, 3.05) is 6.61 Å². The number of alkyl carbamates (subject to hydrolysis) is 1. The van der Waals surface area contributed by atoms with E-state index in [1.54, 1.807) is 6.92 Å². The predicted octanol–water partition coefficient (Wildman–Crippen LogP) is 6.23. The van der Waals surface area contributed by atoms with Gasteiger partial charge in [0.15, 0.2) is 0 Å². The maximum absolute atomic E-state index is 12.5. The zero-order valence-electron chi connectivity index (χ0n) is 20.5. The summed E-state index contributed by atoms with van der Waals surface area (Å²) in [5, 5.41) is 2.92. The van der Waals surface area contributed by atoms with Crippen LogP contribution in [0, 0.1) is 5.92 Å². The van der Waals surface area contributed by atoms with Gasteiger partial charge in [-0.15, -0.1) is 0 Å². The van der Waals surface area contributed by atoms with Gasteiger partial charge in [0, 0.05) is 17.5 Å². The molecular weight excluding hydrogens is 414 g/mol. The molecule has 0 spiro atoms. The molecule has 1 aliphatic rings. The van der Waals surface area contributed by atoms with E-state index in [0.29, 0.717) is 18.6 Å². The minimum absolute atomic E-state index is 0.0387. The first-order chi connectivity index (χ1) is 15.5. The average molecular weight is 450 g/mol. The summed E-state index contributed by atoms with van der Waals surface area (Å²) in [5.74, 6) is -0.176. The lowest BCUT2D eigenvalue weighted by Crippen LogP contribution is -2.34. The molecule has 1 aliphatic carbocycles. The van der Waals surface area contributed by atoms with E-state index in [1.165, 1.54) is 22.3 Å². The normalized spacial score (nSPS) is 15.3. The molecule has 3 rings (SSSR count). The fourth-order valence-corrected chi connectivity index (χ4v) is 4.38. The minimum atomic E-state index is -0.519. The molecule has 1 N–H and O–H groups in total. The Hall–Kier alpha value is -3.08. The Bertz CT molecular complexity index is 989. The largest absolute Gasteiger partial charge is 0.457 e. The Morgan fingerprint density at radius 1 is 1.00 bits per heavy atom. The first-order valence-electron chi connectivity index (χ1n) is 11.6. The molecule has 0 saturated heterocycles. The van der Waals surface area contributed by atoms with Crippen molar-refractivity contribution in [1.82, 2.24) is 5.32 Å². The van der Waals surface area contributed by atoms with E-state index in [9.17, 15) is 9.59 Å². The second-order valence-electron chi connectivity index (χ2n) is 9.94. The Balaban J connectivity index is 1.52. The first kappa shape index (κ1) is 24.6. The van der Waals surface area contributed by atoms with Crippen molar-refractivity contribution in [3.05, 3.63) is 71.3 Å². The van der Waals surface area contributed by atoms with E-state index >= 15 is 0 Å². The van der Waals surface area contributed by atoms with Gasteiger partial charge in [-0.1, -0.05) is 61.5 Å². The number of carbonyl (C=O) groups excluding carboxylic acids is 2. The highest BCUT2D eigenvalue weighted by molar-refractivity contribution is 5.88. The van der Waals surface area contributed by atoms with Gasteiger partial charge in [0.2, 0.25) is 0 Å². The van der Waals surface area contributed by atoms with E-state index in [2.05, 4.69) is 29.6 Å². The number of fused-ring (bicyclic) bond motifs is 3. The molecule has 0 aliphatic heterocycles. The third kappa shape index (κ3) is 6.47. The average Bonchev–Trinajstić information content (AvgIpc) is 3.04. The van der Waals surface area contributed by atoms with Gasteiger partial charge in [0.25, 0.3) is 0 Å². The van der Waals surface area contributed by atoms with Gasteiger partial charge in [-0.3, -0.25) is 0 Å². The second-order valence-corrected chi connectivity index (χ2v) is 9.94. The van der Waals surface area contributed by atoms with Crippen molar-refractivity contribution in [3.63, 3.8) is 0 Å². The van der Waals surface area contributed by atoms with Crippen LogP contribution in [0.25, 0.3) is 11.1 Å². The fourth-order valence-electron chi connectivity index (χ4n) is 4.38. The number of amides is 1. The van der Waals surface area contributed by atoms with Crippen LogP contribution < -0.4 is 5.32 Å². The number of nitrogens with one attached hydrogen (secondary N) is 1. The van der Waals surface area contributed by atoms with E-state index in [4.69, 9.17) is 9.47 Å². The quantitative estimate of drug-likeness (QED) is 0.402. The molecule has 2 aromatic carbocycles. The second kappa shape index (κ2) is 10.2. The van der Waals surface area contributed by atoms with Gasteiger partial charge in [-0.05, 0) is 69.2 Å². The number of rotatable bonds is 7.